The van der Waals surface area contributed by atoms with Crippen molar-refractivity contribution in [2.75, 3.05) is 12.4 Å². The van der Waals surface area contributed by atoms with Crippen molar-refractivity contribution >= 4 is 22.4 Å². The lowest BCUT2D eigenvalue weighted by Gasteiger charge is -2.07. The van der Waals surface area contributed by atoms with Gasteiger partial charge in [0.05, 0.1) is 12.8 Å². The van der Waals surface area contributed by atoms with Crippen LogP contribution in [0.2, 0.25) is 0 Å². The van der Waals surface area contributed by atoms with E-state index in [1.807, 2.05) is 0 Å². The van der Waals surface area contributed by atoms with E-state index >= 15 is 0 Å². The predicted molar refractivity (Wildman–Crippen MR) is 118 cm³/mol. The zero-order valence-corrected chi connectivity index (χ0v) is 18.1. The van der Waals surface area contributed by atoms with Crippen molar-refractivity contribution < 1.29 is 27.8 Å². The van der Waals surface area contributed by atoms with Crippen LogP contribution in [0, 0.1) is 0 Å². The van der Waals surface area contributed by atoms with Gasteiger partial charge in [-0.25, -0.2) is 9.67 Å². The van der Waals surface area contributed by atoms with Gasteiger partial charge in [0.2, 0.25) is 0 Å². The summed E-state index contributed by atoms with van der Waals surface area (Å²) in [6.45, 7) is -2.75. The summed E-state index contributed by atoms with van der Waals surface area (Å²) >= 11 is 1.24. The maximum atomic E-state index is 12.5. The second kappa shape index (κ2) is 10.1. The minimum absolute atomic E-state index is 0.0593. The molecule has 2 aromatic heterocycles. The number of nitrogens with one attached hydrogen (secondary N) is 1. The van der Waals surface area contributed by atoms with Gasteiger partial charge in [-0.05, 0) is 54.6 Å². The average molecular weight is 472 g/mol. The summed E-state index contributed by atoms with van der Waals surface area (Å²) in [5, 5.41) is 9.04. The van der Waals surface area contributed by atoms with Crippen LogP contribution in [0.25, 0.3) is 11.3 Å². The number of hydrogen-bond acceptors (Lipinski definition) is 7. The normalized spacial score (nSPS) is 10.8. The molecule has 0 fully saturated rings. The van der Waals surface area contributed by atoms with E-state index in [0.29, 0.717) is 22.1 Å². The molecule has 4 aromatic rings. The van der Waals surface area contributed by atoms with Gasteiger partial charge in [-0.15, -0.1) is 11.3 Å². The maximum absolute atomic E-state index is 12.5. The zero-order chi connectivity index (χ0) is 23.2. The molecule has 0 bridgehead atoms. The highest BCUT2D eigenvalue weighted by Gasteiger charge is 2.13. The molecule has 0 aliphatic carbocycles. The monoisotopic (exact) mass is 472 g/mol. The van der Waals surface area contributed by atoms with E-state index in [9.17, 15) is 13.6 Å². The van der Waals surface area contributed by atoms with Gasteiger partial charge >= 0.3 is 6.61 Å². The third kappa shape index (κ3) is 5.83. The number of amides is 1. The Morgan fingerprint density at radius 3 is 2.45 bits per heavy atom. The Hall–Kier alpha value is -3.99. The molecule has 0 spiro atoms. The molecule has 2 heterocycles. The Morgan fingerprint density at radius 1 is 1.06 bits per heavy atom. The SMILES string of the molecule is COc1ccc(OCn2ccc(C(=O)Nc3nc(-c4ccc(OC(F)F)cc4)cs3)n2)cc1. The molecule has 2 aromatic carbocycles. The van der Waals surface area contributed by atoms with Crippen LogP contribution in [-0.2, 0) is 6.73 Å². The van der Waals surface area contributed by atoms with Gasteiger partial charge in [0.25, 0.3) is 5.91 Å². The maximum Gasteiger partial charge on any atom is 0.387 e. The molecule has 0 saturated heterocycles. The lowest BCUT2D eigenvalue weighted by molar-refractivity contribution is -0.0498. The molecule has 0 atom stereocenters. The van der Waals surface area contributed by atoms with Gasteiger partial charge in [0.1, 0.15) is 17.2 Å². The Bertz CT molecular complexity index is 1210. The van der Waals surface area contributed by atoms with E-state index in [-0.39, 0.29) is 18.2 Å². The number of ether oxygens (including phenoxy) is 3. The topological polar surface area (TPSA) is 87.5 Å². The predicted octanol–water partition coefficient (Wildman–Crippen LogP) is 4.91. The number of nitrogens with zero attached hydrogens (tertiary/aromatic N) is 3. The highest BCUT2D eigenvalue weighted by atomic mass is 32.1. The van der Waals surface area contributed by atoms with Crippen molar-refractivity contribution in [3.05, 3.63) is 71.9 Å². The number of alkyl halides is 2. The van der Waals surface area contributed by atoms with E-state index in [0.717, 1.165) is 5.75 Å². The Labute approximate surface area is 191 Å². The number of anilines is 1. The lowest BCUT2D eigenvalue weighted by atomic mass is 10.2. The summed E-state index contributed by atoms with van der Waals surface area (Å²) in [7, 11) is 1.59. The fourth-order valence-electron chi connectivity index (χ4n) is 2.80. The lowest BCUT2D eigenvalue weighted by Crippen LogP contribution is -2.14. The number of benzene rings is 2. The number of aromatic nitrogens is 3. The minimum atomic E-state index is -2.88. The summed E-state index contributed by atoms with van der Waals surface area (Å²) < 4.78 is 41.1. The van der Waals surface area contributed by atoms with Crippen molar-refractivity contribution in [2.45, 2.75) is 13.3 Å². The molecule has 170 valence electrons. The highest BCUT2D eigenvalue weighted by Crippen LogP contribution is 2.27. The van der Waals surface area contributed by atoms with Crippen molar-refractivity contribution in [3.63, 3.8) is 0 Å². The number of thiazole rings is 1. The van der Waals surface area contributed by atoms with E-state index in [2.05, 4.69) is 20.1 Å². The van der Waals surface area contributed by atoms with Crippen LogP contribution < -0.4 is 19.5 Å². The van der Waals surface area contributed by atoms with E-state index < -0.39 is 12.5 Å². The number of rotatable bonds is 9. The first kappa shape index (κ1) is 22.2. The van der Waals surface area contributed by atoms with Crippen LogP contribution in [0.1, 0.15) is 10.5 Å². The first-order chi connectivity index (χ1) is 16.0. The van der Waals surface area contributed by atoms with Crippen LogP contribution in [0.5, 0.6) is 17.2 Å². The summed E-state index contributed by atoms with van der Waals surface area (Å²) in [5.74, 6) is 1.01. The summed E-state index contributed by atoms with van der Waals surface area (Å²) in [6.07, 6.45) is 1.63. The van der Waals surface area contributed by atoms with Crippen molar-refractivity contribution in [2.24, 2.45) is 0 Å². The van der Waals surface area contributed by atoms with Crippen LogP contribution >= 0.6 is 11.3 Å². The third-order valence-electron chi connectivity index (χ3n) is 4.40. The molecule has 8 nitrogen and oxygen atoms in total. The molecular weight excluding hydrogens is 454 g/mol. The van der Waals surface area contributed by atoms with E-state index in [4.69, 9.17) is 9.47 Å². The van der Waals surface area contributed by atoms with Gasteiger partial charge in [-0.1, -0.05) is 0 Å². The molecule has 0 radical (unpaired) electrons. The van der Waals surface area contributed by atoms with Gasteiger partial charge in [0.15, 0.2) is 17.6 Å². The quantitative estimate of drug-likeness (QED) is 0.373. The van der Waals surface area contributed by atoms with E-state index in [1.54, 1.807) is 61.2 Å². The Morgan fingerprint density at radius 2 is 1.76 bits per heavy atom. The van der Waals surface area contributed by atoms with Crippen molar-refractivity contribution in [1.29, 1.82) is 0 Å². The molecule has 1 N–H and O–H groups in total. The number of carbonyl (C=O) groups is 1. The van der Waals surface area contributed by atoms with Crippen LogP contribution in [-0.4, -0.2) is 34.4 Å². The average Bonchev–Trinajstić information content (AvgIpc) is 3.48. The first-order valence-corrected chi connectivity index (χ1v) is 10.5. The fourth-order valence-corrected chi connectivity index (χ4v) is 3.51. The highest BCUT2D eigenvalue weighted by molar-refractivity contribution is 7.14. The molecule has 0 saturated carbocycles. The molecule has 1 amide bonds. The van der Waals surface area contributed by atoms with Gasteiger partial charge in [-0.3, -0.25) is 10.1 Å². The molecule has 4 rings (SSSR count). The Balaban J connectivity index is 1.33. The zero-order valence-electron chi connectivity index (χ0n) is 17.3. The molecule has 11 heteroatoms. The van der Waals surface area contributed by atoms with Crippen LogP contribution in [0.3, 0.4) is 0 Å². The number of carbonyl (C=O) groups excluding carboxylic acids is 1. The molecular formula is C22H18F2N4O4S. The fraction of sp³-hybridized carbons (Fsp3) is 0.136. The third-order valence-corrected chi connectivity index (χ3v) is 5.15. The van der Waals surface area contributed by atoms with Gasteiger partial charge in [0, 0.05) is 17.1 Å². The Kier molecular flexibility index (Phi) is 6.79. The molecule has 0 unspecified atom stereocenters. The largest absolute Gasteiger partial charge is 0.497 e. The number of methoxy groups -OCH3 is 1. The minimum Gasteiger partial charge on any atom is -0.497 e. The van der Waals surface area contributed by atoms with Gasteiger partial charge in [-0.2, -0.15) is 13.9 Å². The summed E-state index contributed by atoms with van der Waals surface area (Å²) in [6, 6.07) is 14.8. The van der Waals surface area contributed by atoms with Crippen molar-refractivity contribution in [1.82, 2.24) is 14.8 Å². The number of hydrogen-bond donors (Lipinski definition) is 1. The standard InChI is InChI=1S/C22H18F2N4O4S/c1-30-15-6-8-16(9-7-15)31-13-28-11-10-18(27-28)20(29)26-22-25-19(12-33-22)14-2-4-17(5-3-14)32-21(23)24/h2-12,21H,13H2,1H3,(H,25,26,29). The molecule has 0 aliphatic rings. The second-order valence-corrected chi connectivity index (χ2v) is 7.44. The van der Waals surface area contributed by atoms with Crippen molar-refractivity contribution in [3.8, 4) is 28.5 Å². The first-order valence-electron chi connectivity index (χ1n) is 9.62. The summed E-state index contributed by atoms with van der Waals surface area (Å²) in [4.78, 5) is 16.9. The second-order valence-electron chi connectivity index (χ2n) is 6.58. The smallest absolute Gasteiger partial charge is 0.387 e. The van der Waals surface area contributed by atoms with Crippen LogP contribution in [0.4, 0.5) is 13.9 Å². The molecule has 33 heavy (non-hydrogen) atoms. The van der Waals surface area contributed by atoms with E-state index in [1.165, 1.54) is 28.2 Å². The van der Waals surface area contributed by atoms with Crippen LogP contribution in [0.15, 0.2) is 66.2 Å². The molecule has 0 aliphatic heterocycles. The summed E-state index contributed by atoms with van der Waals surface area (Å²) in [5.41, 5.74) is 1.50. The van der Waals surface area contributed by atoms with Gasteiger partial charge < -0.3 is 14.2 Å². The number of halogens is 2.